The van der Waals surface area contributed by atoms with Crippen LogP contribution in [0.2, 0.25) is 0 Å². The summed E-state index contributed by atoms with van der Waals surface area (Å²) in [4.78, 5) is 36.7. The van der Waals surface area contributed by atoms with Crippen LogP contribution in [0.3, 0.4) is 0 Å². The van der Waals surface area contributed by atoms with E-state index in [-0.39, 0.29) is 26.3 Å². The molecule has 0 radical (unpaired) electrons. The van der Waals surface area contributed by atoms with Crippen molar-refractivity contribution in [1.82, 2.24) is 10.2 Å². The molecule has 0 aromatic heterocycles. The van der Waals surface area contributed by atoms with E-state index in [4.69, 9.17) is 19.4 Å². The molecule has 29 heavy (non-hydrogen) atoms. The van der Waals surface area contributed by atoms with Crippen molar-refractivity contribution in [3.05, 3.63) is 35.9 Å². The zero-order valence-corrected chi connectivity index (χ0v) is 16.6. The Bertz CT molecular complexity index is 830. The Labute approximate surface area is 168 Å². The second kappa shape index (κ2) is 10.2. The SMILES string of the molecule is CS(=O)(=O)O[C@@H](CN1CCOC1=O)[C@H](NCC(=O)OCc1ccccc1)C(N)=O. The predicted octanol–water partition coefficient (Wildman–Crippen LogP) is -1.03. The Balaban J connectivity index is 1.99. The van der Waals surface area contributed by atoms with Gasteiger partial charge in [0.25, 0.3) is 10.1 Å². The van der Waals surface area contributed by atoms with Gasteiger partial charge in [0.2, 0.25) is 5.91 Å². The summed E-state index contributed by atoms with van der Waals surface area (Å²) in [6, 6.07) is 7.59. The highest BCUT2D eigenvalue weighted by atomic mass is 32.2. The molecule has 1 heterocycles. The van der Waals surface area contributed by atoms with E-state index in [1.807, 2.05) is 6.07 Å². The molecular formula is C17H23N3O8S. The van der Waals surface area contributed by atoms with E-state index in [1.54, 1.807) is 24.3 Å². The van der Waals surface area contributed by atoms with E-state index < -0.39 is 46.8 Å². The quantitative estimate of drug-likeness (QED) is 0.332. The number of esters is 1. The number of carbonyl (C=O) groups is 3. The van der Waals surface area contributed by atoms with E-state index in [9.17, 15) is 22.8 Å². The van der Waals surface area contributed by atoms with E-state index in [2.05, 4.69) is 5.32 Å². The third-order valence-electron chi connectivity index (χ3n) is 3.93. The van der Waals surface area contributed by atoms with Crippen LogP contribution in [0.4, 0.5) is 4.79 Å². The Morgan fingerprint density at radius 2 is 2.00 bits per heavy atom. The van der Waals surface area contributed by atoms with Crippen molar-refractivity contribution in [2.45, 2.75) is 18.8 Å². The topological polar surface area (TPSA) is 154 Å². The molecule has 2 atom stereocenters. The highest BCUT2D eigenvalue weighted by molar-refractivity contribution is 7.86. The zero-order chi connectivity index (χ0) is 21.4. The number of hydrogen-bond acceptors (Lipinski definition) is 9. The second-order valence-electron chi connectivity index (χ2n) is 6.31. The van der Waals surface area contributed by atoms with Crippen LogP contribution in [0.15, 0.2) is 30.3 Å². The number of benzene rings is 1. The summed E-state index contributed by atoms with van der Waals surface area (Å²) in [7, 11) is -3.99. The maximum Gasteiger partial charge on any atom is 0.410 e. The highest BCUT2D eigenvalue weighted by Gasteiger charge is 2.35. The van der Waals surface area contributed by atoms with Gasteiger partial charge in [0, 0.05) is 0 Å². The molecular weight excluding hydrogens is 406 g/mol. The van der Waals surface area contributed by atoms with Gasteiger partial charge in [0.05, 0.1) is 25.9 Å². The first-order valence-electron chi connectivity index (χ1n) is 8.68. The van der Waals surface area contributed by atoms with Gasteiger partial charge >= 0.3 is 12.1 Å². The molecule has 12 heteroatoms. The fraction of sp³-hybridized carbons (Fsp3) is 0.471. The van der Waals surface area contributed by atoms with Crippen LogP contribution >= 0.6 is 0 Å². The fourth-order valence-corrected chi connectivity index (χ4v) is 3.24. The van der Waals surface area contributed by atoms with Crippen molar-refractivity contribution in [3.8, 4) is 0 Å². The summed E-state index contributed by atoms with van der Waals surface area (Å²) in [5.41, 5.74) is 6.13. The summed E-state index contributed by atoms with van der Waals surface area (Å²) < 4.78 is 38.0. The minimum atomic E-state index is -3.99. The number of nitrogens with two attached hydrogens (primary N) is 1. The number of amides is 2. The number of nitrogens with zero attached hydrogens (tertiary/aromatic N) is 1. The van der Waals surface area contributed by atoms with Crippen molar-refractivity contribution >= 4 is 28.1 Å². The Morgan fingerprint density at radius 3 is 2.55 bits per heavy atom. The second-order valence-corrected chi connectivity index (χ2v) is 7.91. The molecule has 1 fully saturated rings. The molecule has 2 amide bonds. The van der Waals surface area contributed by atoms with Crippen LogP contribution in [-0.4, -0.2) is 75.9 Å². The van der Waals surface area contributed by atoms with Gasteiger partial charge in [0.1, 0.15) is 25.4 Å². The molecule has 1 aromatic rings. The van der Waals surface area contributed by atoms with E-state index in [0.29, 0.717) is 0 Å². The molecule has 1 aliphatic rings. The molecule has 160 valence electrons. The largest absolute Gasteiger partial charge is 0.460 e. The Kier molecular flexibility index (Phi) is 7.93. The summed E-state index contributed by atoms with van der Waals surface area (Å²) in [6.07, 6.45) is -1.22. The molecule has 2 rings (SSSR count). The third kappa shape index (κ3) is 7.68. The molecule has 11 nitrogen and oxygen atoms in total. The maximum atomic E-state index is 12.0. The van der Waals surface area contributed by atoms with Gasteiger partial charge in [0.15, 0.2) is 0 Å². The number of primary amides is 1. The molecule has 1 saturated heterocycles. The zero-order valence-electron chi connectivity index (χ0n) is 15.8. The van der Waals surface area contributed by atoms with Crippen LogP contribution < -0.4 is 11.1 Å². The minimum absolute atomic E-state index is 0.0332. The molecule has 1 aromatic carbocycles. The van der Waals surface area contributed by atoms with Crippen molar-refractivity contribution in [1.29, 1.82) is 0 Å². The van der Waals surface area contributed by atoms with E-state index in [0.717, 1.165) is 11.8 Å². The first kappa shape index (κ1) is 22.6. The van der Waals surface area contributed by atoms with Crippen LogP contribution in [0.1, 0.15) is 5.56 Å². The summed E-state index contributed by atoms with van der Waals surface area (Å²) in [5.74, 6) is -1.64. The molecule has 0 bridgehead atoms. The lowest BCUT2D eigenvalue weighted by Crippen LogP contribution is -2.56. The van der Waals surface area contributed by atoms with Crippen molar-refractivity contribution in [2.75, 3.05) is 32.5 Å². The predicted molar refractivity (Wildman–Crippen MR) is 99.9 cm³/mol. The van der Waals surface area contributed by atoms with Gasteiger partial charge in [-0.05, 0) is 5.56 Å². The molecule has 3 N–H and O–H groups in total. The molecule has 0 aliphatic carbocycles. The standard InChI is InChI=1S/C17H23N3O8S/c1-29(24,25)28-13(10-20-7-8-26-17(20)23)15(16(18)22)19-9-14(21)27-11-12-5-3-2-4-6-12/h2-6,13,15,19H,7-11H2,1H3,(H2,18,22)/t13-,15-/m0/s1. The van der Waals surface area contributed by atoms with Crippen LogP contribution in [-0.2, 0) is 40.0 Å². The first-order chi connectivity index (χ1) is 13.7. The van der Waals surface area contributed by atoms with Gasteiger partial charge < -0.3 is 20.1 Å². The minimum Gasteiger partial charge on any atom is -0.460 e. The lowest BCUT2D eigenvalue weighted by molar-refractivity contribution is -0.144. The lowest BCUT2D eigenvalue weighted by Gasteiger charge is -2.27. The fourth-order valence-electron chi connectivity index (χ4n) is 2.62. The third-order valence-corrected chi connectivity index (χ3v) is 4.53. The highest BCUT2D eigenvalue weighted by Crippen LogP contribution is 2.11. The van der Waals surface area contributed by atoms with Crippen molar-refractivity contribution in [2.24, 2.45) is 5.73 Å². The molecule has 1 aliphatic heterocycles. The number of cyclic esters (lactones) is 1. The smallest absolute Gasteiger partial charge is 0.410 e. The van der Waals surface area contributed by atoms with Crippen LogP contribution in [0, 0.1) is 0 Å². The van der Waals surface area contributed by atoms with Gasteiger partial charge in [-0.1, -0.05) is 30.3 Å². The number of carbonyl (C=O) groups excluding carboxylic acids is 3. The number of rotatable bonds is 11. The summed E-state index contributed by atoms with van der Waals surface area (Å²) in [6.45, 7) is -0.330. The average Bonchev–Trinajstić information content (AvgIpc) is 3.04. The monoisotopic (exact) mass is 429 g/mol. The molecule has 0 unspecified atom stereocenters. The Morgan fingerprint density at radius 1 is 1.31 bits per heavy atom. The van der Waals surface area contributed by atoms with Crippen LogP contribution in [0.25, 0.3) is 0 Å². The van der Waals surface area contributed by atoms with Gasteiger partial charge in [-0.25, -0.2) is 4.79 Å². The van der Waals surface area contributed by atoms with E-state index >= 15 is 0 Å². The molecule has 0 saturated carbocycles. The van der Waals surface area contributed by atoms with Crippen LogP contribution in [0.5, 0.6) is 0 Å². The Hall–Kier alpha value is -2.70. The normalized spacial score (nSPS) is 16.2. The summed E-state index contributed by atoms with van der Waals surface area (Å²) >= 11 is 0. The summed E-state index contributed by atoms with van der Waals surface area (Å²) in [5, 5.41) is 2.55. The number of ether oxygens (including phenoxy) is 2. The lowest BCUT2D eigenvalue weighted by atomic mass is 10.1. The van der Waals surface area contributed by atoms with Gasteiger partial charge in [-0.3, -0.25) is 19.1 Å². The number of hydrogen-bond donors (Lipinski definition) is 2. The first-order valence-corrected chi connectivity index (χ1v) is 10.5. The van der Waals surface area contributed by atoms with Crippen molar-refractivity contribution in [3.63, 3.8) is 0 Å². The van der Waals surface area contributed by atoms with Gasteiger partial charge in [-0.15, -0.1) is 0 Å². The van der Waals surface area contributed by atoms with E-state index in [1.165, 1.54) is 4.90 Å². The maximum absolute atomic E-state index is 12.0. The number of nitrogens with one attached hydrogen (secondary N) is 1. The van der Waals surface area contributed by atoms with Crippen molar-refractivity contribution < 1.29 is 36.5 Å². The average molecular weight is 429 g/mol. The van der Waals surface area contributed by atoms with Gasteiger partial charge in [-0.2, -0.15) is 8.42 Å². The molecule has 0 spiro atoms.